The van der Waals surface area contributed by atoms with Gasteiger partial charge in [-0.2, -0.15) is 10.2 Å². The average Bonchev–Trinajstić information content (AvgIpc) is 2.38. The first-order chi connectivity index (χ1) is 8.72. The van der Waals surface area contributed by atoms with Crippen LogP contribution in [-0.2, 0) is 9.53 Å². The van der Waals surface area contributed by atoms with Crippen molar-refractivity contribution in [1.82, 2.24) is 10.2 Å². The molecule has 0 saturated heterocycles. The first-order valence-electron chi connectivity index (χ1n) is 5.79. The number of ether oxygens (including phenoxy) is 1. The highest BCUT2D eigenvalue weighted by molar-refractivity contribution is 5.92. The summed E-state index contributed by atoms with van der Waals surface area (Å²) >= 11 is 0. The van der Waals surface area contributed by atoms with Crippen molar-refractivity contribution >= 4 is 22.6 Å². The molecule has 2 rings (SSSR count). The zero-order valence-corrected chi connectivity index (χ0v) is 10.5. The van der Waals surface area contributed by atoms with Crippen LogP contribution < -0.4 is 4.90 Å². The normalized spacial score (nSPS) is 10.3. The molecule has 0 fully saturated rings. The Labute approximate surface area is 105 Å². The molecule has 0 aliphatic heterocycles. The van der Waals surface area contributed by atoms with Crippen molar-refractivity contribution in [3.8, 4) is 0 Å². The third kappa shape index (κ3) is 2.56. The van der Waals surface area contributed by atoms with Crippen LogP contribution in [0.25, 0.3) is 10.9 Å². The zero-order chi connectivity index (χ0) is 13.0. The second kappa shape index (κ2) is 5.44. The van der Waals surface area contributed by atoms with Gasteiger partial charge in [-0.25, -0.2) is 0 Å². The molecule has 0 spiro atoms. The maximum absolute atomic E-state index is 11.5. The molecule has 94 valence electrons. The lowest BCUT2D eigenvalue weighted by Gasteiger charge is -2.19. The van der Waals surface area contributed by atoms with E-state index in [1.807, 2.05) is 36.2 Å². The Morgan fingerprint density at radius 1 is 1.39 bits per heavy atom. The van der Waals surface area contributed by atoms with Crippen molar-refractivity contribution in [1.29, 1.82) is 0 Å². The van der Waals surface area contributed by atoms with Crippen molar-refractivity contribution in [2.24, 2.45) is 0 Å². The van der Waals surface area contributed by atoms with E-state index in [1.54, 1.807) is 13.1 Å². The Morgan fingerprint density at radius 2 is 2.17 bits per heavy atom. The molecular weight excluding hydrogens is 230 g/mol. The van der Waals surface area contributed by atoms with E-state index in [0.717, 1.165) is 16.6 Å². The Balaban J connectivity index is 2.27. The fraction of sp³-hybridized carbons (Fsp3) is 0.308. The van der Waals surface area contributed by atoms with E-state index in [1.165, 1.54) is 0 Å². The fourth-order valence-corrected chi connectivity index (χ4v) is 1.78. The Hall–Kier alpha value is -2.17. The summed E-state index contributed by atoms with van der Waals surface area (Å²) in [4.78, 5) is 13.3. The van der Waals surface area contributed by atoms with Gasteiger partial charge in [0.2, 0.25) is 0 Å². The summed E-state index contributed by atoms with van der Waals surface area (Å²) in [6.45, 7) is 2.38. The number of benzene rings is 1. The van der Waals surface area contributed by atoms with Crippen LogP contribution in [-0.4, -0.2) is 36.4 Å². The summed E-state index contributed by atoms with van der Waals surface area (Å²) in [7, 11) is 1.83. The monoisotopic (exact) mass is 245 g/mol. The third-order valence-corrected chi connectivity index (χ3v) is 2.61. The fourth-order valence-electron chi connectivity index (χ4n) is 1.78. The number of fused-ring (bicyclic) bond motifs is 1. The molecule has 5 nitrogen and oxygen atoms in total. The molecule has 0 unspecified atom stereocenters. The van der Waals surface area contributed by atoms with E-state index in [4.69, 9.17) is 4.74 Å². The van der Waals surface area contributed by atoms with Gasteiger partial charge in [0.05, 0.1) is 24.0 Å². The highest BCUT2D eigenvalue weighted by Gasteiger charge is 2.11. The van der Waals surface area contributed by atoms with Crippen molar-refractivity contribution in [3.05, 3.63) is 30.5 Å². The van der Waals surface area contributed by atoms with Crippen LogP contribution in [0.3, 0.4) is 0 Å². The number of anilines is 1. The van der Waals surface area contributed by atoms with E-state index >= 15 is 0 Å². The molecule has 1 heterocycles. The largest absolute Gasteiger partial charge is 0.465 e. The standard InChI is InChI=1S/C13H15N3O2/c1-3-18-13(17)9-16(2)12-8-14-15-11-7-5-4-6-10(11)12/h4-8H,3,9H2,1-2H3. The van der Waals surface area contributed by atoms with Gasteiger partial charge in [-0.05, 0) is 13.0 Å². The van der Waals surface area contributed by atoms with Gasteiger partial charge < -0.3 is 9.64 Å². The molecule has 0 saturated carbocycles. The lowest BCUT2D eigenvalue weighted by atomic mass is 10.2. The van der Waals surface area contributed by atoms with Crippen LogP contribution in [0, 0.1) is 0 Å². The van der Waals surface area contributed by atoms with E-state index in [-0.39, 0.29) is 12.5 Å². The summed E-state index contributed by atoms with van der Waals surface area (Å²) in [6.07, 6.45) is 1.65. The number of esters is 1. The smallest absolute Gasteiger partial charge is 0.325 e. The molecule has 1 aromatic carbocycles. The van der Waals surface area contributed by atoms with Crippen LogP contribution in [0.4, 0.5) is 5.69 Å². The minimum Gasteiger partial charge on any atom is -0.465 e. The minimum absolute atomic E-state index is 0.198. The number of hydrogen-bond acceptors (Lipinski definition) is 5. The van der Waals surface area contributed by atoms with E-state index < -0.39 is 0 Å². The second-order valence-corrected chi connectivity index (χ2v) is 3.91. The molecule has 2 aromatic rings. The molecule has 0 bridgehead atoms. The number of carbonyl (C=O) groups excluding carboxylic acids is 1. The van der Waals surface area contributed by atoms with E-state index in [0.29, 0.717) is 6.61 Å². The van der Waals surface area contributed by atoms with Crippen LogP contribution in [0.5, 0.6) is 0 Å². The zero-order valence-electron chi connectivity index (χ0n) is 10.5. The second-order valence-electron chi connectivity index (χ2n) is 3.91. The maximum Gasteiger partial charge on any atom is 0.325 e. The van der Waals surface area contributed by atoms with E-state index in [2.05, 4.69) is 10.2 Å². The lowest BCUT2D eigenvalue weighted by molar-refractivity contribution is -0.141. The van der Waals surface area contributed by atoms with Crippen molar-refractivity contribution in [2.45, 2.75) is 6.92 Å². The van der Waals surface area contributed by atoms with Gasteiger partial charge in [0.15, 0.2) is 0 Å². The molecular formula is C13H15N3O2. The number of aromatic nitrogens is 2. The van der Waals surface area contributed by atoms with Gasteiger partial charge in [0.25, 0.3) is 0 Å². The topological polar surface area (TPSA) is 55.3 Å². The number of rotatable bonds is 4. The van der Waals surface area contributed by atoms with Crippen molar-refractivity contribution in [2.75, 3.05) is 25.1 Å². The summed E-state index contributed by atoms with van der Waals surface area (Å²) in [5.74, 6) is -0.249. The van der Waals surface area contributed by atoms with Crippen molar-refractivity contribution < 1.29 is 9.53 Å². The number of nitrogens with zero attached hydrogens (tertiary/aromatic N) is 3. The molecule has 0 amide bonds. The van der Waals surface area contributed by atoms with Crippen LogP contribution in [0.2, 0.25) is 0 Å². The van der Waals surface area contributed by atoms with Gasteiger partial charge in [0, 0.05) is 12.4 Å². The van der Waals surface area contributed by atoms with Crippen LogP contribution in [0.1, 0.15) is 6.92 Å². The highest BCUT2D eigenvalue weighted by atomic mass is 16.5. The first kappa shape index (κ1) is 12.3. The molecule has 18 heavy (non-hydrogen) atoms. The molecule has 0 atom stereocenters. The van der Waals surface area contributed by atoms with Crippen LogP contribution in [0.15, 0.2) is 30.5 Å². The molecule has 0 radical (unpaired) electrons. The lowest BCUT2D eigenvalue weighted by Crippen LogP contribution is -2.27. The number of carbonyl (C=O) groups is 1. The molecule has 1 aromatic heterocycles. The third-order valence-electron chi connectivity index (χ3n) is 2.61. The SMILES string of the molecule is CCOC(=O)CN(C)c1cnnc2ccccc12. The van der Waals surface area contributed by atoms with Gasteiger partial charge >= 0.3 is 5.97 Å². The molecule has 0 N–H and O–H groups in total. The Morgan fingerprint density at radius 3 is 2.94 bits per heavy atom. The Kier molecular flexibility index (Phi) is 3.72. The first-order valence-corrected chi connectivity index (χ1v) is 5.79. The minimum atomic E-state index is -0.249. The van der Waals surface area contributed by atoms with Crippen molar-refractivity contribution in [3.63, 3.8) is 0 Å². The van der Waals surface area contributed by atoms with Gasteiger partial charge in [-0.3, -0.25) is 4.79 Å². The highest BCUT2D eigenvalue weighted by Crippen LogP contribution is 2.22. The predicted octanol–water partition coefficient (Wildman–Crippen LogP) is 1.63. The molecule has 0 aliphatic carbocycles. The van der Waals surface area contributed by atoms with Gasteiger partial charge in [-0.1, -0.05) is 18.2 Å². The van der Waals surface area contributed by atoms with Gasteiger partial charge in [0.1, 0.15) is 6.54 Å². The molecule has 5 heteroatoms. The summed E-state index contributed by atoms with van der Waals surface area (Å²) in [5, 5.41) is 8.96. The quantitative estimate of drug-likeness (QED) is 0.766. The summed E-state index contributed by atoms with van der Waals surface area (Å²) in [5.41, 5.74) is 1.68. The van der Waals surface area contributed by atoms with Gasteiger partial charge in [-0.15, -0.1) is 0 Å². The van der Waals surface area contributed by atoms with Crippen LogP contribution >= 0.6 is 0 Å². The average molecular weight is 245 g/mol. The molecule has 0 aliphatic rings. The summed E-state index contributed by atoms with van der Waals surface area (Å²) in [6, 6.07) is 7.70. The predicted molar refractivity (Wildman–Crippen MR) is 69.4 cm³/mol. The summed E-state index contributed by atoms with van der Waals surface area (Å²) < 4.78 is 4.93. The Bertz CT molecular complexity index is 551. The van der Waals surface area contributed by atoms with E-state index in [9.17, 15) is 4.79 Å². The number of hydrogen-bond donors (Lipinski definition) is 0. The maximum atomic E-state index is 11.5. The number of likely N-dealkylation sites (N-methyl/N-ethyl adjacent to an activating group) is 1.